The zero-order valence-corrected chi connectivity index (χ0v) is 22.8. The number of nitrogens with two attached hydrogens (primary N) is 1. The number of aldehydes is 2. The Labute approximate surface area is 223 Å². The van der Waals surface area contributed by atoms with Crippen LogP contribution in [0.2, 0.25) is 0 Å². The van der Waals surface area contributed by atoms with Crippen molar-refractivity contribution in [1.82, 2.24) is 4.90 Å². The van der Waals surface area contributed by atoms with Crippen LogP contribution in [-0.4, -0.2) is 37.6 Å². The van der Waals surface area contributed by atoms with Crippen molar-refractivity contribution in [2.45, 2.75) is 83.6 Å². The Kier molecular flexibility index (Phi) is 9.79. The molecule has 2 aromatic rings. The van der Waals surface area contributed by atoms with Crippen LogP contribution in [0, 0.1) is 18.8 Å². The summed E-state index contributed by atoms with van der Waals surface area (Å²) < 4.78 is 0. The third kappa shape index (κ3) is 7.01. The smallest absolute Gasteiger partial charge is 0.123 e. The van der Waals surface area contributed by atoms with Crippen molar-refractivity contribution in [2.24, 2.45) is 11.8 Å². The zero-order valence-electron chi connectivity index (χ0n) is 22.8. The fraction of sp³-hybridized carbons (Fsp3) is 0.562. The van der Waals surface area contributed by atoms with Gasteiger partial charge < -0.3 is 25.5 Å². The van der Waals surface area contributed by atoms with Crippen molar-refractivity contribution in [1.29, 1.82) is 0 Å². The summed E-state index contributed by atoms with van der Waals surface area (Å²) in [6.07, 6.45) is 13.2. The highest BCUT2D eigenvalue weighted by Crippen LogP contribution is 2.36. The lowest BCUT2D eigenvalue weighted by atomic mass is 9.80. The van der Waals surface area contributed by atoms with Gasteiger partial charge in [-0.1, -0.05) is 43.5 Å². The van der Waals surface area contributed by atoms with Crippen molar-refractivity contribution in [3.05, 3.63) is 58.1 Å². The minimum atomic E-state index is 0.0213. The topological polar surface area (TPSA) is 75.4 Å². The molecule has 1 unspecified atom stereocenters. The van der Waals surface area contributed by atoms with Crippen LogP contribution >= 0.6 is 0 Å². The maximum absolute atomic E-state index is 11.7. The van der Waals surface area contributed by atoms with E-state index in [9.17, 15) is 9.59 Å². The molecule has 0 bridgehead atoms. The van der Waals surface area contributed by atoms with Crippen molar-refractivity contribution >= 4 is 23.9 Å². The molecule has 1 atom stereocenters. The van der Waals surface area contributed by atoms with Gasteiger partial charge in [0.15, 0.2) is 0 Å². The second kappa shape index (κ2) is 13.2. The molecular weight excluding hydrogens is 458 g/mol. The van der Waals surface area contributed by atoms with E-state index in [-0.39, 0.29) is 5.92 Å². The molecule has 2 aliphatic rings. The number of nitrogen functional groups attached to an aromatic ring is 1. The van der Waals surface area contributed by atoms with Crippen LogP contribution in [-0.2, 0) is 22.6 Å². The molecule has 1 aliphatic heterocycles. The zero-order chi connectivity index (χ0) is 26.2. The highest BCUT2D eigenvalue weighted by Gasteiger charge is 2.22. The lowest BCUT2D eigenvalue weighted by Gasteiger charge is -2.27. The summed E-state index contributed by atoms with van der Waals surface area (Å²) >= 11 is 0. The Hall–Kier alpha value is -2.66. The van der Waals surface area contributed by atoms with Crippen LogP contribution < -0.4 is 11.1 Å². The number of carbonyl (C=O) groups is 2. The maximum Gasteiger partial charge on any atom is 0.123 e. The second-order valence-corrected chi connectivity index (χ2v) is 11.4. The quantitative estimate of drug-likeness (QED) is 0.203. The molecule has 1 fully saturated rings. The van der Waals surface area contributed by atoms with Gasteiger partial charge in [0.1, 0.15) is 12.6 Å². The number of anilines is 2. The number of fused-ring (bicyclic) bond motifs is 1. The van der Waals surface area contributed by atoms with Gasteiger partial charge in [-0.3, -0.25) is 0 Å². The first kappa shape index (κ1) is 27.4. The van der Waals surface area contributed by atoms with Gasteiger partial charge in [-0.25, -0.2) is 0 Å². The number of carbonyl (C=O) groups excluding carboxylic acids is 2. The SMILES string of the molecule is Cc1c(C(CC=O)c2ccc3c(c2)CN(C)CC3)ccc(NCCCCCC2CCC(C=O)CC2)c1N. The van der Waals surface area contributed by atoms with E-state index < -0.39 is 0 Å². The summed E-state index contributed by atoms with van der Waals surface area (Å²) in [4.78, 5) is 24.9. The van der Waals surface area contributed by atoms with Gasteiger partial charge in [0.25, 0.3) is 0 Å². The molecule has 0 spiro atoms. The molecule has 0 radical (unpaired) electrons. The van der Waals surface area contributed by atoms with E-state index >= 15 is 0 Å². The maximum atomic E-state index is 11.7. The summed E-state index contributed by atoms with van der Waals surface area (Å²) in [7, 11) is 2.16. The van der Waals surface area contributed by atoms with E-state index in [4.69, 9.17) is 5.73 Å². The predicted molar refractivity (Wildman–Crippen MR) is 153 cm³/mol. The van der Waals surface area contributed by atoms with E-state index in [1.165, 1.54) is 48.8 Å². The average Bonchev–Trinajstić information content (AvgIpc) is 2.91. The lowest BCUT2D eigenvalue weighted by Crippen LogP contribution is -2.26. The molecule has 37 heavy (non-hydrogen) atoms. The normalized spacial score (nSPS) is 20.7. The number of hydrogen-bond donors (Lipinski definition) is 2. The third-order valence-corrected chi connectivity index (χ3v) is 8.79. The molecule has 0 aromatic heterocycles. The Bertz CT molecular complexity index is 1060. The van der Waals surface area contributed by atoms with Gasteiger partial charge in [-0.05, 0) is 92.3 Å². The first-order chi connectivity index (χ1) is 18.0. The van der Waals surface area contributed by atoms with E-state index in [1.807, 2.05) is 0 Å². The third-order valence-electron chi connectivity index (χ3n) is 8.79. The minimum Gasteiger partial charge on any atom is -0.397 e. The number of unbranched alkanes of at least 4 members (excludes halogenated alkanes) is 2. The Morgan fingerprint density at radius 1 is 1.05 bits per heavy atom. The summed E-state index contributed by atoms with van der Waals surface area (Å²) in [5, 5.41) is 3.55. The minimum absolute atomic E-state index is 0.0213. The van der Waals surface area contributed by atoms with Gasteiger partial charge in [0.05, 0.1) is 11.4 Å². The standard InChI is InChI=1S/C32H45N3O2/c1-23-29(30(16-19-36)27-12-11-26-15-18-35(2)21-28(26)20-27)13-14-31(32(23)33)34-17-5-3-4-6-24-7-9-25(22-37)10-8-24/h11-14,19-20,22,24-25,30,34H,3-10,15-18,21,33H2,1-2H3. The van der Waals surface area contributed by atoms with Crippen LogP contribution in [0.25, 0.3) is 0 Å². The molecule has 5 nitrogen and oxygen atoms in total. The molecular formula is C32H45N3O2. The first-order valence-electron chi connectivity index (χ1n) is 14.3. The Morgan fingerprint density at radius 2 is 1.86 bits per heavy atom. The van der Waals surface area contributed by atoms with Gasteiger partial charge in [-0.15, -0.1) is 0 Å². The molecule has 5 heteroatoms. The molecule has 0 saturated heterocycles. The summed E-state index contributed by atoms with van der Waals surface area (Å²) in [5.41, 5.74) is 14.6. The Balaban J connectivity index is 1.32. The summed E-state index contributed by atoms with van der Waals surface area (Å²) in [6.45, 7) is 5.05. The van der Waals surface area contributed by atoms with Crippen LogP contribution in [0.15, 0.2) is 30.3 Å². The number of likely N-dealkylation sites (N-methyl/N-ethyl adjacent to an activating group) is 1. The molecule has 1 aliphatic carbocycles. The molecule has 1 heterocycles. The molecule has 2 aromatic carbocycles. The van der Waals surface area contributed by atoms with Crippen LogP contribution in [0.5, 0.6) is 0 Å². The van der Waals surface area contributed by atoms with E-state index in [1.54, 1.807) is 0 Å². The van der Waals surface area contributed by atoms with Crippen LogP contribution in [0.3, 0.4) is 0 Å². The number of nitrogens with one attached hydrogen (secondary N) is 1. The molecule has 1 saturated carbocycles. The monoisotopic (exact) mass is 503 g/mol. The summed E-state index contributed by atoms with van der Waals surface area (Å²) in [6, 6.07) is 11.0. The van der Waals surface area contributed by atoms with Gasteiger partial charge in [-0.2, -0.15) is 0 Å². The fourth-order valence-corrected chi connectivity index (χ4v) is 6.32. The van der Waals surface area contributed by atoms with Crippen molar-refractivity contribution in [3.63, 3.8) is 0 Å². The predicted octanol–water partition coefficient (Wildman–Crippen LogP) is 6.26. The summed E-state index contributed by atoms with van der Waals surface area (Å²) in [5.74, 6) is 1.15. The lowest BCUT2D eigenvalue weighted by molar-refractivity contribution is -0.112. The van der Waals surface area contributed by atoms with E-state index in [0.29, 0.717) is 12.3 Å². The van der Waals surface area contributed by atoms with E-state index in [0.717, 1.165) is 86.3 Å². The molecule has 0 amide bonds. The van der Waals surface area contributed by atoms with Gasteiger partial charge in [0, 0.05) is 37.9 Å². The van der Waals surface area contributed by atoms with E-state index in [2.05, 4.69) is 54.5 Å². The van der Waals surface area contributed by atoms with Crippen molar-refractivity contribution in [2.75, 3.05) is 31.2 Å². The van der Waals surface area contributed by atoms with Crippen molar-refractivity contribution in [3.8, 4) is 0 Å². The number of benzene rings is 2. The number of rotatable bonds is 12. The number of nitrogens with zero attached hydrogens (tertiary/aromatic N) is 1. The number of hydrogen-bond acceptors (Lipinski definition) is 5. The Morgan fingerprint density at radius 3 is 2.62 bits per heavy atom. The molecule has 4 rings (SSSR count). The highest BCUT2D eigenvalue weighted by molar-refractivity contribution is 5.72. The van der Waals surface area contributed by atoms with Crippen molar-refractivity contribution < 1.29 is 9.59 Å². The fourth-order valence-electron chi connectivity index (χ4n) is 6.32. The van der Waals surface area contributed by atoms with Crippen LogP contribution in [0.1, 0.15) is 91.5 Å². The molecule has 200 valence electrons. The highest BCUT2D eigenvalue weighted by atomic mass is 16.1. The van der Waals surface area contributed by atoms with Crippen LogP contribution in [0.4, 0.5) is 11.4 Å². The molecule has 3 N–H and O–H groups in total. The van der Waals surface area contributed by atoms with Gasteiger partial charge >= 0.3 is 0 Å². The largest absolute Gasteiger partial charge is 0.397 e. The van der Waals surface area contributed by atoms with Gasteiger partial charge in [0.2, 0.25) is 0 Å². The first-order valence-corrected chi connectivity index (χ1v) is 14.3. The second-order valence-electron chi connectivity index (χ2n) is 11.4. The average molecular weight is 504 g/mol.